The molecule has 0 atom stereocenters. The van der Waals surface area contributed by atoms with Gasteiger partial charge in [0.1, 0.15) is 0 Å². The Morgan fingerprint density at radius 1 is 1.21 bits per heavy atom. The van der Waals surface area contributed by atoms with Crippen LogP contribution in [0.2, 0.25) is 0 Å². The molecule has 4 nitrogen and oxygen atoms in total. The molecule has 1 aromatic carbocycles. The SMILES string of the molecule is Nc1cc2c(cc1NC(C1CC1)C1CC1)NC(=O)C2. The number of rotatable bonds is 4. The van der Waals surface area contributed by atoms with Crippen molar-refractivity contribution in [3.05, 3.63) is 17.7 Å². The summed E-state index contributed by atoms with van der Waals surface area (Å²) in [5.41, 5.74) is 9.82. The molecule has 0 aromatic heterocycles. The molecule has 0 bridgehead atoms. The summed E-state index contributed by atoms with van der Waals surface area (Å²) in [4.78, 5) is 11.4. The van der Waals surface area contributed by atoms with Gasteiger partial charge in [0.2, 0.25) is 5.91 Å². The van der Waals surface area contributed by atoms with Gasteiger partial charge in [0.05, 0.1) is 17.8 Å². The number of nitrogen functional groups attached to an aromatic ring is 1. The van der Waals surface area contributed by atoms with E-state index in [4.69, 9.17) is 5.73 Å². The molecular weight excluding hydrogens is 238 g/mol. The Labute approximate surface area is 112 Å². The second-order valence-corrected chi connectivity index (χ2v) is 6.17. The van der Waals surface area contributed by atoms with E-state index in [1.165, 1.54) is 25.7 Å². The predicted molar refractivity (Wildman–Crippen MR) is 76.0 cm³/mol. The molecule has 4 N–H and O–H groups in total. The van der Waals surface area contributed by atoms with E-state index in [2.05, 4.69) is 10.6 Å². The number of nitrogens with one attached hydrogen (secondary N) is 2. The molecular formula is C15H19N3O. The van der Waals surface area contributed by atoms with E-state index in [-0.39, 0.29) is 5.91 Å². The number of fused-ring (bicyclic) bond motifs is 1. The molecule has 19 heavy (non-hydrogen) atoms. The summed E-state index contributed by atoms with van der Waals surface area (Å²) < 4.78 is 0. The van der Waals surface area contributed by atoms with Crippen LogP contribution < -0.4 is 16.4 Å². The summed E-state index contributed by atoms with van der Waals surface area (Å²) >= 11 is 0. The summed E-state index contributed by atoms with van der Waals surface area (Å²) in [6.45, 7) is 0. The maximum absolute atomic E-state index is 11.4. The first-order valence-electron chi connectivity index (χ1n) is 7.19. The van der Waals surface area contributed by atoms with Crippen LogP contribution in [0.5, 0.6) is 0 Å². The molecule has 4 heteroatoms. The fraction of sp³-hybridized carbons (Fsp3) is 0.533. The normalized spacial score (nSPS) is 21.4. The second-order valence-electron chi connectivity index (χ2n) is 6.17. The van der Waals surface area contributed by atoms with Crippen LogP contribution in [0.15, 0.2) is 12.1 Å². The van der Waals surface area contributed by atoms with Crippen molar-refractivity contribution in [1.29, 1.82) is 0 Å². The van der Waals surface area contributed by atoms with Gasteiger partial charge in [-0.2, -0.15) is 0 Å². The Morgan fingerprint density at radius 3 is 2.53 bits per heavy atom. The molecule has 1 heterocycles. The lowest BCUT2D eigenvalue weighted by Gasteiger charge is -2.21. The van der Waals surface area contributed by atoms with Crippen molar-refractivity contribution in [2.45, 2.75) is 38.1 Å². The number of anilines is 3. The summed E-state index contributed by atoms with van der Waals surface area (Å²) in [5, 5.41) is 6.53. The van der Waals surface area contributed by atoms with Crippen LogP contribution in [0.1, 0.15) is 31.2 Å². The summed E-state index contributed by atoms with van der Waals surface area (Å²) in [7, 11) is 0. The highest BCUT2D eigenvalue weighted by atomic mass is 16.1. The van der Waals surface area contributed by atoms with E-state index < -0.39 is 0 Å². The number of benzene rings is 1. The fourth-order valence-electron chi connectivity index (χ4n) is 3.13. The van der Waals surface area contributed by atoms with E-state index in [1.807, 2.05) is 12.1 Å². The lowest BCUT2D eigenvalue weighted by Crippen LogP contribution is -2.24. The van der Waals surface area contributed by atoms with Crippen molar-refractivity contribution in [3.63, 3.8) is 0 Å². The second kappa shape index (κ2) is 3.89. The van der Waals surface area contributed by atoms with Crippen molar-refractivity contribution in [2.24, 2.45) is 11.8 Å². The lowest BCUT2D eigenvalue weighted by atomic mass is 10.1. The van der Waals surface area contributed by atoms with Crippen molar-refractivity contribution >= 4 is 23.0 Å². The molecule has 2 saturated carbocycles. The van der Waals surface area contributed by atoms with Gasteiger partial charge >= 0.3 is 0 Å². The number of hydrogen-bond donors (Lipinski definition) is 3. The smallest absolute Gasteiger partial charge is 0.228 e. The number of carbonyl (C=O) groups excluding carboxylic acids is 1. The Balaban J connectivity index is 1.60. The first-order chi connectivity index (χ1) is 9.20. The van der Waals surface area contributed by atoms with Crippen molar-refractivity contribution in [2.75, 3.05) is 16.4 Å². The summed E-state index contributed by atoms with van der Waals surface area (Å²) in [6, 6.07) is 4.53. The van der Waals surface area contributed by atoms with Gasteiger partial charge in [-0.25, -0.2) is 0 Å². The maximum Gasteiger partial charge on any atom is 0.228 e. The van der Waals surface area contributed by atoms with Gasteiger partial charge in [0.25, 0.3) is 0 Å². The zero-order chi connectivity index (χ0) is 13.0. The van der Waals surface area contributed by atoms with Crippen LogP contribution in [0.3, 0.4) is 0 Å². The van der Waals surface area contributed by atoms with E-state index in [1.54, 1.807) is 0 Å². The molecule has 100 valence electrons. The molecule has 2 aliphatic carbocycles. The van der Waals surface area contributed by atoms with Gasteiger partial charge in [-0.15, -0.1) is 0 Å². The van der Waals surface area contributed by atoms with Crippen LogP contribution >= 0.6 is 0 Å². The van der Waals surface area contributed by atoms with Gasteiger partial charge in [-0.05, 0) is 55.2 Å². The first-order valence-corrected chi connectivity index (χ1v) is 7.19. The lowest BCUT2D eigenvalue weighted by molar-refractivity contribution is -0.115. The Morgan fingerprint density at radius 2 is 1.89 bits per heavy atom. The summed E-state index contributed by atoms with van der Waals surface area (Å²) in [5.74, 6) is 1.72. The van der Waals surface area contributed by atoms with Gasteiger partial charge in [-0.3, -0.25) is 4.79 Å². The minimum atomic E-state index is 0.0625. The molecule has 0 spiro atoms. The van der Waals surface area contributed by atoms with Crippen LogP contribution in [0, 0.1) is 11.8 Å². The average Bonchev–Trinajstić information content (AvgIpc) is 3.24. The van der Waals surface area contributed by atoms with Crippen molar-refractivity contribution in [1.82, 2.24) is 0 Å². The van der Waals surface area contributed by atoms with E-state index in [9.17, 15) is 4.79 Å². The minimum absolute atomic E-state index is 0.0625. The highest BCUT2D eigenvalue weighted by Crippen LogP contribution is 2.46. The number of amides is 1. The zero-order valence-electron chi connectivity index (χ0n) is 10.9. The van der Waals surface area contributed by atoms with Crippen molar-refractivity contribution < 1.29 is 4.79 Å². The standard InChI is InChI=1S/C15H19N3O/c16-11-5-10-6-14(19)17-12(10)7-13(11)18-15(8-1-2-8)9-3-4-9/h5,7-9,15,18H,1-4,6,16H2,(H,17,19). The average molecular weight is 257 g/mol. The Hall–Kier alpha value is -1.71. The molecule has 0 radical (unpaired) electrons. The fourth-order valence-corrected chi connectivity index (χ4v) is 3.13. The third kappa shape index (κ3) is 2.05. The van der Waals surface area contributed by atoms with Gasteiger partial charge in [-0.1, -0.05) is 0 Å². The van der Waals surface area contributed by atoms with Crippen molar-refractivity contribution in [3.8, 4) is 0 Å². The molecule has 0 saturated heterocycles. The highest BCUT2D eigenvalue weighted by Gasteiger charge is 2.41. The molecule has 2 fully saturated rings. The summed E-state index contributed by atoms with van der Waals surface area (Å²) in [6.07, 6.45) is 5.82. The van der Waals surface area contributed by atoms with Gasteiger partial charge < -0.3 is 16.4 Å². The maximum atomic E-state index is 11.4. The number of nitrogens with two attached hydrogens (primary N) is 1. The molecule has 1 amide bonds. The third-order valence-corrected chi connectivity index (χ3v) is 4.48. The highest BCUT2D eigenvalue weighted by molar-refractivity contribution is 6.00. The minimum Gasteiger partial charge on any atom is -0.397 e. The monoisotopic (exact) mass is 257 g/mol. The van der Waals surface area contributed by atoms with Crippen LogP contribution in [0.25, 0.3) is 0 Å². The topological polar surface area (TPSA) is 67.2 Å². The third-order valence-electron chi connectivity index (χ3n) is 4.48. The molecule has 1 aromatic rings. The van der Waals surface area contributed by atoms with Crippen LogP contribution in [-0.4, -0.2) is 11.9 Å². The first kappa shape index (κ1) is 11.1. The van der Waals surface area contributed by atoms with E-state index >= 15 is 0 Å². The van der Waals surface area contributed by atoms with E-state index in [0.717, 1.165) is 34.5 Å². The molecule has 0 unspecified atom stereocenters. The molecule has 3 aliphatic rings. The zero-order valence-corrected chi connectivity index (χ0v) is 10.9. The Bertz CT molecular complexity index is 535. The van der Waals surface area contributed by atoms with Gasteiger partial charge in [0, 0.05) is 11.7 Å². The number of carbonyl (C=O) groups is 1. The molecule has 1 aliphatic heterocycles. The Kier molecular flexibility index (Phi) is 2.28. The van der Waals surface area contributed by atoms with Gasteiger partial charge in [0.15, 0.2) is 0 Å². The molecule has 4 rings (SSSR count). The quantitative estimate of drug-likeness (QED) is 0.725. The predicted octanol–water partition coefficient (Wildman–Crippen LogP) is 2.36. The van der Waals surface area contributed by atoms with E-state index in [0.29, 0.717) is 12.5 Å². The number of hydrogen-bond acceptors (Lipinski definition) is 3. The largest absolute Gasteiger partial charge is 0.397 e. The van der Waals surface area contributed by atoms with Crippen LogP contribution in [-0.2, 0) is 11.2 Å². The van der Waals surface area contributed by atoms with Crippen LogP contribution in [0.4, 0.5) is 17.1 Å².